The first-order valence-electron chi connectivity index (χ1n) is 7.16. The van der Waals surface area contributed by atoms with Gasteiger partial charge < -0.3 is 14.6 Å². The van der Waals surface area contributed by atoms with Crippen molar-refractivity contribution >= 4 is 23.2 Å². The maximum absolute atomic E-state index is 12.1. The van der Waals surface area contributed by atoms with Crippen molar-refractivity contribution in [2.45, 2.75) is 6.42 Å². The van der Waals surface area contributed by atoms with Crippen molar-refractivity contribution in [1.29, 1.82) is 0 Å². The van der Waals surface area contributed by atoms with Gasteiger partial charge in [-0.15, -0.1) is 0 Å². The first-order valence-corrected chi connectivity index (χ1v) is 7.54. The van der Waals surface area contributed by atoms with Crippen LogP contribution in [0.3, 0.4) is 0 Å². The highest BCUT2D eigenvalue weighted by molar-refractivity contribution is 6.30. The van der Waals surface area contributed by atoms with Crippen LogP contribution < -0.4 is 10.1 Å². The molecule has 0 aliphatic carbocycles. The second-order valence-corrected chi connectivity index (χ2v) is 5.42. The summed E-state index contributed by atoms with van der Waals surface area (Å²) in [5.74, 6) is 1.11. The van der Waals surface area contributed by atoms with Crippen LogP contribution in [0.1, 0.15) is 5.82 Å². The van der Waals surface area contributed by atoms with Gasteiger partial charge in [-0.1, -0.05) is 22.8 Å². The minimum Gasteiger partial charge on any atom is -0.497 e. The Morgan fingerprint density at radius 1 is 1.25 bits per heavy atom. The number of nitrogens with one attached hydrogen (secondary N) is 1. The van der Waals surface area contributed by atoms with Crippen molar-refractivity contribution in [2.24, 2.45) is 0 Å². The average Bonchev–Trinajstić information content (AvgIpc) is 3.04. The van der Waals surface area contributed by atoms with Crippen LogP contribution in [0, 0.1) is 0 Å². The topological polar surface area (TPSA) is 77.2 Å². The number of hydrogen-bond acceptors (Lipinski definition) is 5. The molecule has 122 valence electrons. The van der Waals surface area contributed by atoms with Gasteiger partial charge in [-0.05, 0) is 42.5 Å². The predicted molar refractivity (Wildman–Crippen MR) is 90.1 cm³/mol. The van der Waals surface area contributed by atoms with Crippen LogP contribution in [0.25, 0.3) is 11.5 Å². The number of carbonyl (C=O) groups is 1. The molecule has 0 spiro atoms. The Hall–Kier alpha value is -2.86. The number of methoxy groups -OCH3 is 1. The zero-order valence-corrected chi connectivity index (χ0v) is 13.6. The standard InChI is InChI=1S/C17H14ClN3O3/c1-23-14-7-5-13(6-8-14)19-16(22)10-15-20-17(24-21-15)11-3-2-4-12(18)9-11/h2-9H,10H2,1H3,(H,19,22). The second-order valence-electron chi connectivity index (χ2n) is 4.98. The largest absolute Gasteiger partial charge is 0.497 e. The smallest absolute Gasteiger partial charge is 0.257 e. The number of halogens is 1. The van der Waals surface area contributed by atoms with Crippen molar-refractivity contribution in [3.63, 3.8) is 0 Å². The van der Waals surface area contributed by atoms with Gasteiger partial charge in [0.1, 0.15) is 5.75 Å². The third kappa shape index (κ3) is 3.91. The third-order valence-corrected chi connectivity index (χ3v) is 3.47. The lowest BCUT2D eigenvalue weighted by molar-refractivity contribution is -0.115. The van der Waals surface area contributed by atoms with E-state index in [0.717, 1.165) is 5.75 Å². The van der Waals surface area contributed by atoms with E-state index in [1.807, 2.05) is 0 Å². The highest BCUT2D eigenvalue weighted by Crippen LogP contribution is 2.21. The monoisotopic (exact) mass is 343 g/mol. The van der Waals surface area contributed by atoms with Gasteiger partial charge in [0, 0.05) is 16.3 Å². The van der Waals surface area contributed by atoms with Gasteiger partial charge >= 0.3 is 0 Å². The molecule has 0 bridgehead atoms. The molecule has 0 atom stereocenters. The molecule has 24 heavy (non-hydrogen) atoms. The van der Waals surface area contributed by atoms with Crippen molar-refractivity contribution in [1.82, 2.24) is 10.1 Å². The fraction of sp³-hybridized carbons (Fsp3) is 0.118. The van der Waals surface area contributed by atoms with Gasteiger partial charge in [-0.2, -0.15) is 4.98 Å². The molecule has 3 aromatic rings. The van der Waals surface area contributed by atoms with Crippen LogP contribution in [-0.4, -0.2) is 23.2 Å². The summed E-state index contributed by atoms with van der Waals surface area (Å²) in [7, 11) is 1.58. The second kappa shape index (κ2) is 7.14. The molecule has 0 radical (unpaired) electrons. The van der Waals surface area contributed by atoms with E-state index in [4.69, 9.17) is 20.9 Å². The van der Waals surface area contributed by atoms with E-state index in [-0.39, 0.29) is 12.3 Å². The van der Waals surface area contributed by atoms with Gasteiger partial charge in [0.25, 0.3) is 5.89 Å². The summed E-state index contributed by atoms with van der Waals surface area (Å²) in [6.07, 6.45) is 0.0100. The van der Waals surface area contributed by atoms with Crippen molar-refractivity contribution < 1.29 is 14.1 Å². The first kappa shape index (κ1) is 16.0. The molecule has 1 aromatic heterocycles. The van der Waals surface area contributed by atoms with Crippen LogP contribution in [0.4, 0.5) is 5.69 Å². The highest BCUT2D eigenvalue weighted by Gasteiger charge is 2.13. The molecule has 6 nitrogen and oxygen atoms in total. The molecular formula is C17H14ClN3O3. The Balaban J connectivity index is 1.64. The van der Waals surface area contributed by atoms with E-state index in [2.05, 4.69) is 15.5 Å². The summed E-state index contributed by atoms with van der Waals surface area (Å²) in [4.78, 5) is 16.3. The number of anilines is 1. The van der Waals surface area contributed by atoms with E-state index in [1.165, 1.54) is 0 Å². The molecular weight excluding hydrogens is 330 g/mol. The van der Waals surface area contributed by atoms with E-state index >= 15 is 0 Å². The fourth-order valence-corrected chi connectivity index (χ4v) is 2.28. The number of hydrogen-bond donors (Lipinski definition) is 1. The van der Waals surface area contributed by atoms with Crippen LogP contribution in [0.2, 0.25) is 5.02 Å². The number of aromatic nitrogens is 2. The summed E-state index contributed by atoms with van der Waals surface area (Å²) in [5, 5.41) is 7.16. The Kier molecular flexibility index (Phi) is 4.77. The maximum atomic E-state index is 12.1. The number of rotatable bonds is 5. The fourth-order valence-electron chi connectivity index (χ4n) is 2.09. The Morgan fingerprint density at radius 2 is 2.04 bits per heavy atom. The molecule has 0 unspecified atom stereocenters. The van der Waals surface area contributed by atoms with Gasteiger partial charge in [0.15, 0.2) is 5.82 Å². The maximum Gasteiger partial charge on any atom is 0.257 e. The Morgan fingerprint density at radius 3 is 2.75 bits per heavy atom. The molecule has 7 heteroatoms. The number of nitrogens with zero attached hydrogens (tertiary/aromatic N) is 2. The quantitative estimate of drug-likeness (QED) is 0.766. The van der Waals surface area contributed by atoms with E-state index in [1.54, 1.807) is 55.6 Å². The van der Waals surface area contributed by atoms with E-state index < -0.39 is 0 Å². The predicted octanol–water partition coefficient (Wildman–Crippen LogP) is 3.58. The van der Waals surface area contributed by atoms with Crippen molar-refractivity contribution in [3.8, 4) is 17.2 Å². The molecule has 0 aliphatic rings. The van der Waals surface area contributed by atoms with Gasteiger partial charge in [-0.25, -0.2) is 0 Å². The van der Waals surface area contributed by atoms with Crippen LogP contribution in [0.15, 0.2) is 53.1 Å². The molecule has 3 rings (SSSR count). The van der Waals surface area contributed by atoms with E-state index in [0.29, 0.717) is 28.0 Å². The number of carbonyl (C=O) groups excluding carboxylic acids is 1. The van der Waals surface area contributed by atoms with Gasteiger partial charge in [-0.3, -0.25) is 4.79 Å². The van der Waals surface area contributed by atoms with Crippen LogP contribution >= 0.6 is 11.6 Å². The molecule has 0 saturated heterocycles. The molecule has 0 saturated carbocycles. The zero-order valence-electron chi connectivity index (χ0n) is 12.8. The van der Waals surface area contributed by atoms with Crippen LogP contribution in [-0.2, 0) is 11.2 Å². The lowest BCUT2D eigenvalue weighted by Crippen LogP contribution is -2.15. The third-order valence-electron chi connectivity index (χ3n) is 3.23. The van der Waals surface area contributed by atoms with Gasteiger partial charge in [0.05, 0.1) is 13.5 Å². The number of benzene rings is 2. The summed E-state index contributed by atoms with van der Waals surface area (Å²) >= 11 is 5.93. The Labute approximate surface area is 143 Å². The minimum atomic E-state index is -0.237. The average molecular weight is 344 g/mol. The first-order chi connectivity index (χ1) is 11.6. The van der Waals surface area contributed by atoms with Crippen molar-refractivity contribution in [3.05, 3.63) is 59.4 Å². The molecule has 0 fully saturated rings. The summed E-state index contributed by atoms with van der Waals surface area (Å²) in [6, 6.07) is 14.1. The lowest BCUT2D eigenvalue weighted by atomic mass is 10.2. The molecule has 0 aliphatic heterocycles. The SMILES string of the molecule is COc1ccc(NC(=O)Cc2noc(-c3cccc(Cl)c3)n2)cc1. The molecule has 1 heterocycles. The van der Waals surface area contributed by atoms with Crippen LogP contribution in [0.5, 0.6) is 5.75 Å². The zero-order chi connectivity index (χ0) is 16.9. The number of amides is 1. The summed E-state index contributed by atoms with van der Waals surface area (Å²) in [6.45, 7) is 0. The molecule has 1 amide bonds. The lowest BCUT2D eigenvalue weighted by Gasteiger charge is -2.04. The van der Waals surface area contributed by atoms with Crippen molar-refractivity contribution in [2.75, 3.05) is 12.4 Å². The normalized spacial score (nSPS) is 10.4. The van der Waals surface area contributed by atoms with Gasteiger partial charge in [0.2, 0.25) is 5.91 Å². The summed E-state index contributed by atoms with van der Waals surface area (Å²) < 4.78 is 10.2. The molecule has 2 aromatic carbocycles. The minimum absolute atomic E-state index is 0.0100. The Bertz CT molecular complexity index is 846. The number of ether oxygens (including phenoxy) is 1. The molecule has 1 N–H and O–H groups in total. The summed E-state index contributed by atoms with van der Waals surface area (Å²) in [5.41, 5.74) is 1.37. The highest BCUT2D eigenvalue weighted by atomic mass is 35.5. The van der Waals surface area contributed by atoms with E-state index in [9.17, 15) is 4.79 Å².